The molecule has 0 aliphatic heterocycles. The number of nitrogens with zero attached hydrogens (tertiary/aromatic N) is 3. The second-order valence-corrected chi connectivity index (χ2v) is 10.6. The minimum absolute atomic E-state index is 0. The Morgan fingerprint density at radius 1 is 0.795 bits per heavy atom. The van der Waals surface area contributed by atoms with Crippen LogP contribution in [0.3, 0.4) is 0 Å². The van der Waals surface area contributed by atoms with Gasteiger partial charge in [-0.05, 0) is 54.3 Å². The SMILES string of the molecule is Cc1cccc(N=Nc2c(S(=O)(=O)O)cc3c(S(=O)(=O)O)ccc(N=C([O-])c4ccccc4)c3c2[O-])c1.[Na+].[Na+]. The predicted octanol–water partition coefficient (Wildman–Crippen LogP) is -2.42. The van der Waals surface area contributed by atoms with Crippen molar-refractivity contribution in [1.29, 1.82) is 0 Å². The van der Waals surface area contributed by atoms with Crippen molar-refractivity contribution in [1.82, 2.24) is 0 Å². The zero-order chi connectivity index (χ0) is 27.0. The van der Waals surface area contributed by atoms with Gasteiger partial charge in [0.05, 0.1) is 17.1 Å². The number of hydrogen-bond acceptors (Lipinski definition) is 9. The number of rotatable bonds is 6. The van der Waals surface area contributed by atoms with Crippen LogP contribution in [0, 0.1) is 6.92 Å². The van der Waals surface area contributed by atoms with E-state index in [-0.39, 0.29) is 76.1 Å². The van der Waals surface area contributed by atoms with E-state index in [0.717, 1.165) is 17.7 Å². The standard InChI is InChI=1S/C24H19N3O8S2.2Na/c1-14-6-5-9-16(12-14)26-27-22-20(37(33,34)35)13-17-19(36(30,31)32)11-10-18(21(17)23(22)28)25-24(29)15-7-3-2-4-8-15;;/h2-13,28H,1H3,(H,25,29)(H,30,31,32)(H,33,34,35);;/q;2*+1/p-2. The van der Waals surface area contributed by atoms with Crippen molar-refractivity contribution in [2.24, 2.45) is 15.2 Å². The van der Waals surface area contributed by atoms with Crippen LogP contribution in [0.4, 0.5) is 17.1 Å². The Hall–Kier alpha value is -2.17. The molecule has 4 rings (SSSR count). The molecule has 0 bridgehead atoms. The third-order valence-corrected chi connectivity index (χ3v) is 6.98. The molecule has 0 saturated carbocycles. The first kappa shape index (κ1) is 33.0. The van der Waals surface area contributed by atoms with Crippen molar-refractivity contribution in [2.75, 3.05) is 0 Å². The molecule has 15 heteroatoms. The van der Waals surface area contributed by atoms with E-state index in [9.17, 15) is 36.2 Å². The van der Waals surface area contributed by atoms with E-state index in [1.807, 2.05) is 0 Å². The summed E-state index contributed by atoms with van der Waals surface area (Å²) in [5, 5.41) is 32.7. The Labute approximate surface area is 268 Å². The second-order valence-electron chi connectivity index (χ2n) is 7.83. The molecule has 2 N–H and O–H groups in total. The summed E-state index contributed by atoms with van der Waals surface area (Å²) in [6.07, 6.45) is 0. The molecule has 190 valence electrons. The fourth-order valence-corrected chi connectivity index (χ4v) is 4.89. The Balaban J connectivity index is 0.00000267. The van der Waals surface area contributed by atoms with E-state index >= 15 is 0 Å². The summed E-state index contributed by atoms with van der Waals surface area (Å²) in [6, 6.07) is 16.9. The molecule has 0 radical (unpaired) electrons. The molecule has 11 nitrogen and oxygen atoms in total. The third-order valence-electron chi connectivity index (χ3n) is 5.20. The first-order chi connectivity index (χ1) is 17.4. The van der Waals surface area contributed by atoms with Gasteiger partial charge in [-0.1, -0.05) is 48.2 Å². The monoisotopic (exact) mass is 585 g/mol. The molecule has 4 aromatic rings. The first-order valence-corrected chi connectivity index (χ1v) is 13.3. The summed E-state index contributed by atoms with van der Waals surface area (Å²) in [5.41, 5.74) is 0.0703. The van der Waals surface area contributed by atoms with E-state index in [2.05, 4.69) is 15.2 Å². The van der Waals surface area contributed by atoms with Gasteiger partial charge in [0.15, 0.2) is 0 Å². The van der Waals surface area contributed by atoms with Gasteiger partial charge in [-0.2, -0.15) is 21.9 Å². The van der Waals surface area contributed by atoms with Crippen LogP contribution in [0.1, 0.15) is 11.1 Å². The van der Waals surface area contributed by atoms with Crippen molar-refractivity contribution < 1.29 is 95.3 Å². The average molecular weight is 586 g/mol. The van der Waals surface area contributed by atoms with E-state index in [1.165, 1.54) is 18.2 Å². The van der Waals surface area contributed by atoms with Crippen LogP contribution in [0.2, 0.25) is 0 Å². The van der Waals surface area contributed by atoms with Gasteiger partial charge in [0.1, 0.15) is 9.79 Å². The normalized spacial score (nSPS) is 12.2. The molecule has 0 saturated heterocycles. The van der Waals surface area contributed by atoms with Crippen LogP contribution >= 0.6 is 0 Å². The summed E-state index contributed by atoms with van der Waals surface area (Å²) in [5.74, 6) is -1.96. The summed E-state index contributed by atoms with van der Waals surface area (Å²) in [6.45, 7) is 1.77. The van der Waals surface area contributed by atoms with Gasteiger partial charge in [0.25, 0.3) is 20.2 Å². The van der Waals surface area contributed by atoms with Crippen LogP contribution in [0.25, 0.3) is 10.8 Å². The molecular formula is C24H17N3Na2O8S2. The van der Waals surface area contributed by atoms with Crippen molar-refractivity contribution in [2.45, 2.75) is 16.7 Å². The minimum Gasteiger partial charge on any atom is -0.870 e. The van der Waals surface area contributed by atoms with Crippen LogP contribution < -0.4 is 69.3 Å². The summed E-state index contributed by atoms with van der Waals surface area (Å²) >= 11 is 0. The number of benzene rings is 4. The molecule has 0 spiro atoms. The Bertz CT molecular complexity index is 1810. The largest absolute Gasteiger partial charge is 1.00 e. The number of aryl methyl sites for hydroxylation is 1. The van der Waals surface area contributed by atoms with Crippen molar-refractivity contribution >= 4 is 54.0 Å². The molecule has 4 aromatic carbocycles. The smallest absolute Gasteiger partial charge is 0.870 e. The molecule has 0 amide bonds. The fourth-order valence-electron chi connectivity index (χ4n) is 3.56. The molecular weight excluding hydrogens is 568 g/mol. The van der Waals surface area contributed by atoms with E-state index < -0.39 is 58.1 Å². The fraction of sp³-hybridized carbons (Fsp3) is 0.0417. The number of aliphatic imine (C=N–C) groups is 1. The third kappa shape index (κ3) is 7.52. The van der Waals surface area contributed by atoms with Gasteiger partial charge in [-0.3, -0.25) is 14.1 Å². The Morgan fingerprint density at radius 3 is 2.03 bits per heavy atom. The Morgan fingerprint density at radius 2 is 1.44 bits per heavy atom. The predicted molar refractivity (Wildman–Crippen MR) is 131 cm³/mol. The van der Waals surface area contributed by atoms with Gasteiger partial charge in [-0.25, -0.2) is 0 Å². The number of hydrogen-bond donors (Lipinski definition) is 2. The number of azo groups is 1. The topological polar surface area (TPSA) is 192 Å². The molecule has 0 fully saturated rings. The van der Waals surface area contributed by atoms with Gasteiger partial charge < -0.3 is 10.2 Å². The zero-order valence-electron chi connectivity index (χ0n) is 20.9. The van der Waals surface area contributed by atoms with E-state index in [1.54, 1.807) is 43.3 Å². The van der Waals surface area contributed by atoms with Crippen LogP contribution in [-0.2, 0) is 20.2 Å². The Kier molecular flexibility index (Phi) is 11.0. The molecule has 0 heterocycles. The first-order valence-electron chi connectivity index (χ1n) is 10.4. The van der Waals surface area contributed by atoms with Crippen LogP contribution in [0.15, 0.2) is 97.8 Å². The van der Waals surface area contributed by atoms with E-state index in [4.69, 9.17) is 0 Å². The molecule has 0 unspecified atom stereocenters. The van der Waals surface area contributed by atoms with E-state index in [0.29, 0.717) is 6.07 Å². The van der Waals surface area contributed by atoms with Crippen molar-refractivity contribution in [3.05, 3.63) is 83.9 Å². The molecule has 0 aliphatic carbocycles. The van der Waals surface area contributed by atoms with Gasteiger partial charge in [-0.15, -0.1) is 5.11 Å². The maximum Gasteiger partial charge on any atom is 1.00 e. The van der Waals surface area contributed by atoms with Gasteiger partial charge in [0, 0.05) is 10.8 Å². The zero-order valence-corrected chi connectivity index (χ0v) is 26.6. The molecule has 39 heavy (non-hydrogen) atoms. The molecule has 0 aromatic heterocycles. The molecule has 0 aliphatic rings. The van der Waals surface area contributed by atoms with Crippen LogP contribution in [0.5, 0.6) is 5.75 Å². The quantitative estimate of drug-likeness (QED) is 0.0821. The van der Waals surface area contributed by atoms with Crippen LogP contribution in [-0.4, -0.2) is 31.8 Å². The minimum atomic E-state index is -5.13. The summed E-state index contributed by atoms with van der Waals surface area (Å²) < 4.78 is 67.8. The molecule has 0 atom stereocenters. The van der Waals surface area contributed by atoms with Crippen molar-refractivity contribution in [3.63, 3.8) is 0 Å². The summed E-state index contributed by atoms with van der Waals surface area (Å²) in [4.78, 5) is 2.03. The maximum atomic E-state index is 13.5. The number of fused-ring (bicyclic) bond motifs is 1. The average Bonchev–Trinajstić information content (AvgIpc) is 2.82. The van der Waals surface area contributed by atoms with Gasteiger partial charge >= 0.3 is 59.1 Å². The summed E-state index contributed by atoms with van der Waals surface area (Å²) in [7, 11) is -10.1. The van der Waals surface area contributed by atoms with Gasteiger partial charge in [0.2, 0.25) is 0 Å². The van der Waals surface area contributed by atoms with Crippen molar-refractivity contribution in [3.8, 4) is 5.75 Å². The maximum absolute atomic E-state index is 13.5. The second kappa shape index (κ2) is 13.0.